The van der Waals surface area contributed by atoms with Crippen molar-refractivity contribution in [2.24, 2.45) is 5.73 Å². The quantitative estimate of drug-likeness (QED) is 0.777. The third-order valence-corrected chi connectivity index (χ3v) is 2.42. The Morgan fingerprint density at radius 3 is 2.12 bits per heavy atom. The standard InChI is InChI=1S/C13H15NO3/c1-8(2)9-3-5-10(6-4-9)11(13(14)17)7-12(15)16/h3-8H,1-2H3,(H2,14,17)(H,15,16)/b11-7-. The first-order valence-corrected chi connectivity index (χ1v) is 5.26. The molecule has 0 aliphatic rings. The van der Waals surface area contributed by atoms with Crippen molar-refractivity contribution in [3.63, 3.8) is 0 Å². The van der Waals surface area contributed by atoms with Gasteiger partial charge in [-0.15, -0.1) is 0 Å². The number of carboxylic acids is 1. The molecule has 0 atom stereocenters. The van der Waals surface area contributed by atoms with Crippen LogP contribution in [0.15, 0.2) is 30.3 Å². The molecule has 3 N–H and O–H groups in total. The number of carbonyl (C=O) groups excluding carboxylic acids is 1. The SMILES string of the molecule is CC(C)c1ccc(/C(=C/C(=O)O)C(N)=O)cc1. The summed E-state index contributed by atoms with van der Waals surface area (Å²) in [6.45, 7) is 4.11. The zero-order chi connectivity index (χ0) is 13.0. The van der Waals surface area contributed by atoms with E-state index < -0.39 is 11.9 Å². The molecule has 1 aromatic carbocycles. The number of amides is 1. The van der Waals surface area contributed by atoms with E-state index in [0.29, 0.717) is 11.5 Å². The third kappa shape index (κ3) is 3.45. The van der Waals surface area contributed by atoms with Gasteiger partial charge >= 0.3 is 5.97 Å². The summed E-state index contributed by atoms with van der Waals surface area (Å²) in [7, 11) is 0. The van der Waals surface area contributed by atoms with Crippen LogP contribution in [0.4, 0.5) is 0 Å². The van der Waals surface area contributed by atoms with Crippen molar-refractivity contribution < 1.29 is 14.7 Å². The Kier molecular flexibility index (Phi) is 4.04. The van der Waals surface area contributed by atoms with Crippen LogP contribution in [0.1, 0.15) is 30.9 Å². The van der Waals surface area contributed by atoms with Gasteiger partial charge in [-0.1, -0.05) is 38.1 Å². The van der Waals surface area contributed by atoms with Gasteiger partial charge in [0.2, 0.25) is 5.91 Å². The molecule has 1 rings (SSSR count). The van der Waals surface area contributed by atoms with Crippen LogP contribution in [0.2, 0.25) is 0 Å². The largest absolute Gasteiger partial charge is 0.478 e. The fourth-order valence-electron chi connectivity index (χ4n) is 1.47. The number of rotatable bonds is 4. The summed E-state index contributed by atoms with van der Waals surface area (Å²) >= 11 is 0. The molecule has 4 nitrogen and oxygen atoms in total. The average Bonchev–Trinajstić information content (AvgIpc) is 2.25. The fourth-order valence-corrected chi connectivity index (χ4v) is 1.47. The van der Waals surface area contributed by atoms with Gasteiger partial charge in [0.1, 0.15) is 0 Å². The van der Waals surface area contributed by atoms with Crippen LogP contribution in [-0.4, -0.2) is 17.0 Å². The van der Waals surface area contributed by atoms with Crippen LogP contribution >= 0.6 is 0 Å². The summed E-state index contributed by atoms with van der Waals surface area (Å²) in [6, 6.07) is 7.13. The van der Waals surface area contributed by atoms with Gasteiger partial charge in [0.25, 0.3) is 0 Å². The second-order valence-corrected chi connectivity index (χ2v) is 4.04. The Morgan fingerprint density at radius 1 is 1.24 bits per heavy atom. The van der Waals surface area contributed by atoms with Gasteiger partial charge < -0.3 is 10.8 Å². The number of carboxylic acid groups (broad SMARTS) is 1. The van der Waals surface area contributed by atoms with E-state index >= 15 is 0 Å². The molecule has 1 amide bonds. The van der Waals surface area contributed by atoms with Crippen LogP contribution in [0, 0.1) is 0 Å². The number of nitrogens with two attached hydrogens (primary N) is 1. The highest BCUT2D eigenvalue weighted by atomic mass is 16.4. The van der Waals surface area contributed by atoms with Crippen molar-refractivity contribution in [2.45, 2.75) is 19.8 Å². The van der Waals surface area contributed by atoms with Crippen LogP contribution in [-0.2, 0) is 9.59 Å². The molecule has 0 saturated heterocycles. The third-order valence-electron chi connectivity index (χ3n) is 2.42. The predicted octanol–water partition coefficient (Wildman–Crippen LogP) is 1.76. The second-order valence-electron chi connectivity index (χ2n) is 4.04. The maximum absolute atomic E-state index is 11.1. The highest BCUT2D eigenvalue weighted by Gasteiger charge is 2.10. The minimum absolute atomic E-state index is 0.00723. The number of hydrogen-bond acceptors (Lipinski definition) is 2. The monoisotopic (exact) mass is 233 g/mol. The summed E-state index contributed by atoms with van der Waals surface area (Å²) in [5, 5.41) is 8.65. The van der Waals surface area contributed by atoms with E-state index in [1.54, 1.807) is 12.1 Å². The van der Waals surface area contributed by atoms with Crippen LogP contribution < -0.4 is 5.73 Å². The number of hydrogen-bond donors (Lipinski definition) is 2. The van der Waals surface area contributed by atoms with E-state index in [9.17, 15) is 9.59 Å². The number of aliphatic carboxylic acids is 1. The summed E-state index contributed by atoms with van der Waals surface area (Å²) in [5.74, 6) is -1.55. The molecule has 0 radical (unpaired) electrons. The highest BCUT2D eigenvalue weighted by Crippen LogP contribution is 2.19. The topological polar surface area (TPSA) is 80.4 Å². The molecule has 0 aliphatic heterocycles. The molecule has 0 saturated carbocycles. The van der Waals surface area contributed by atoms with Crippen molar-refractivity contribution in [3.05, 3.63) is 41.5 Å². The Hall–Kier alpha value is -2.10. The number of benzene rings is 1. The summed E-state index contributed by atoms with van der Waals surface area (Å²) in [5.41, 5.74) is 6.79. The van der Waals surface area contributed by atoms with Crippen molar-refractivity contribution in [2.75, 3.05) is 0 Å². The van der Waals surface area contributed by atoms with Crippen molar-refractivity contribution >= 4 is 17.4 Å². The average molecular weight is 233 g/mol. The molecule has 0 spiro atoms. The molecular formula is C13H15NO3. The first-order valence-electron chi connectivity index (χ1n) is 5.26. The van der Waals surface area contributed by atoms with Gasteiger partial charge in [-0.3, -0.25) is 4.79 Å². The second kappa shape index (κ2) is 5.30. The maximum atomic E-state index is 11.1. The van der Waals surface area contributed by atoms with Crippen LogP contribution in [0.3, 0.4) is 0 Å². The van der Waals surface area contributed by atoms with Gasteiger partial charge in [-0.25, -0.2) is 4.79 Å². The number of primary amides is 1. The Bertz CT molecular complexity index is 458. The van der Waals surface area contributed by atoms with Crippen LogP contribution in [0.5, 0.6) is 0 Å². The zero-order valence-electron chi connectivity index (χ0n) is 9.81. The zero-order valence-corrected chi connectivity index (χ0v) is 9.81. The predicted molar refractivity (Wildman–Crippen MR) is 65.3 cm³/mol. The van der Waals surface area contributed by atoms with Gasteiger partial charge in [0, 0.05) is 6.08 Å². The van der Waals surface area contributed by atoms with Gasteiger partial charge in [0.05, 0.1) is 5.57 Å². The van der Waals surface area contributed by atoms with E-state index in [1.165, 1.54) is 0 Å². The Morgan fingerprint density at radius 2 is 1.76 bits per heavy atom. The molecule has 0 unspecified atom stereocenters. The van der Waals surface area contributed by atoms with E-state index in [0.717, 1.165) is 11.6 Å². The first-order chi connectivity index (χ1) is 7.91. The minimum atomic E-state index is -1.19. The molecule has 17 heavy (non-hydrogen) atoms. The molecule has 0 bridgehead atoms. The van der Waals surface area contributed by atoms with Crippen molar-refractivity contribution in [1.82, 2.24) is 0 Å². The summed E-state index contributed by atoms with van der Waals surface area (Å²) in [6.07, 6.45) is 0.826. The van der Waals surface area contributed by atoms with Gasteiger partial charge in [-0.2, -0.15) is 0 Å². The lowest BCUT2D eigenvalue weighted by molar-refractivity contribution is -0.131. The van der Waals surface area contributed by atoms with Crippen molar-refractivity contribution in [3.8, 4) is 0 Å². The molecule has 0 aromatic heterocycles. The Balaban J connectivity index is 3.13. The highest BCUT2D eigenvalue weighted by molar-refractivity contribution is 6.22. The lowest BCUT2D eigenvalue weighted by atomic mass is 9.98. The smallest absolute Gasteiger partial charge is 0.329 e. The summed E-state index contributed by atoms with van der Waals surface area (Å²) in [4.78, 5) is 21.7. The first kappa shape index (κ1) is 13.0. The maximum Gasteiger partial charge on any atom is 0.329 e. The normalized spacial score (nSPS) is 11.6. The van der Waals surface area contributed by atoms with E-state index in [4.69, 9.17) is 10.8 Å². The van der Waals surface area contributed by atoms with E-state index in [2.05, 4.69) is 13.8 Å². The van der Waals surface area contributed by atoms with Crippen molar-refractivity contribution in [1.29, 1.82) is 0 Å². The molecular weight excluding hydrogens is 218 g/mol. The van der Waals surface area contributed by atoms with E-state index in [1.807, 2.05) is 12.1 Å². The van der Waals surface area contributed by atoms with Gasteiger partial charge in [-0.05, 0) is 17.0 Å². The summed E-state index contributed by atoms with van der Waals surface area (Å²) < 4.78 is 0. The lowest BCUT2D eigenvalue weighted by Crippen LogP contribution is -2.14. The molecule has 1 aromatic rings. The Labute approximate surface area is 99.8 Å². The molecule has 0 fully saturated rings. The molecule has 0 aliphatic carbocycles. The molecule has 0 heterocycles. The molecule has 90 valence electrons. The van der Waals surface area contributed by atoms with E-state index in [-0.39, 0.29) is 5.57 Å². The van der Waals surface area contributed by atoms with Crippen LogP contribution in [0.25, 0.3) is 5.57 Å². The van der Waals surface area contributed by atoms with Gasteiger partial charge in [0.15, 0.2) is 0 Å². The molecule has 4 heteroatoms. The lowest BCUT2D eigenvalue weighted by Gasteiger charge is -2.07. The fraction of sp³-hybridized carbons (Fsp3) is 0.231. The number of carbonyl (C=O) groups is 2. The minimum Gasteiger partial charge on any atom is -0.478 e.